The van der Waals surface area contributed by atoms with Gasteiger partial charge >= 0.3 is 11.8 Å². The number of hydrogen-bond acceptors (Lipinski definition) is 5. The number of rotatable bonds is 7. The van der Waals surface area contributed by atoms with Gasteiger partial charge in [0.25, 0.3) is 0 Å². The number of allylic oxidation sites excluding steroid dienone is 1. The maximum absolute atomic E-state index is 12.5. The zero-order chi connectivity index (χ0) is 23.0. The minimum absolute atomic E-state index is 0.0237. The molecule has 2 amide bonds. The van der Waals surface area contributed by atoms with Crippen LogP contribution >= 0.6 is 0 Å². The average molecular weight is 455 g/mol. The van der Waals surface area contributed by atoms with Crippen molar-refractivity contribution >= 4 is 17.5 Å². The molecule has 2 heterocycles. The molecule has 1 fully saturated rings. The first kappa shape index (κ1) is 23.8. The van der Waals surface area contributed by atoms with Crippen molar-refractivity contribution in [2.45, 2.75) is 51.0 Å². The maximum Gasteiger partial charge on any atom is 0.309 e. The summed E-state index contributed by atoms with van der Waals surface area (Å²) in [6.07, 6.45) is 10.1. The van der Waals surface area contributed by atoms with E-state index in [1.54, 1.807) is 0 Å². The van der Waals surface area contributed by atoms with Crippen molar-refractivity contribution in [2.75, 3.05) is 57.9 Å². The Morgan fingerprint density at radius 3 is 2.64 bits per heavy atom. The molecule has 1 aliphatic carbocycles. The van der Waals surface area contributed by atoms with Crippen LogP contribution in [0.2, 0.25) is 0 Å². The molecular formula is C26H38N4O3. The van der Waals surface area contributed by atoms with E-state index < -0.39 is 11.8 Å². The van der Waals surface area contributed by atoms with Crippen molar-refractivity contribution in [1.29, 1.82) is 0 Å². The van der Waals surface area contributed by atoms with E-state index in [1.165, 1.54) is 35.2 Å². The lowest BCUT2D eigenvalue weighted by molar-refractivity contribution is -0.139. The van der Waals surface area contributed by atoms with Gasteiger partial charge < -0.3 is 20.3 Å². The number of morpholine rings is 1. The Labute approximate surface area is 197 Å². The first-order valence-electron chi connectivity index (χ1n) is 12.5. The summed E-state index contributed by atoms with van der Waals surface area (Å²) in [5.41, 5.74) is 5.24. The second-order valence-electron chi connectivity index (χ2n) is 9.40. The van der Waals surface area contributed by atoms with E-state index in [1.807, 2.05) is 0 Å². The van der Waals surface area contributed by atoms with Crippen molar-refractivity contribution in [3.05, 3.63) is 41.0 Å². The largest absolute Gasteiger partial charge is 0.379 e. The van der Waals surface area contributed by atoms with Crippen LogP contribution in [-0.2, 0) is 20.7 Å². The van der Waals surface area contributed by atoms with Crippen LogP contribution in [0.4, 0.5) is 5.69 Å². The highest BCUT2D eigenvalue weighted by atomic mass is 16.5. The van der Waals surface area contributed by atoms with Gasteiger partial charge in [0.05, 0.1) is 19.3 Å². The minimum atomic E-state index is -0.552. The number of benzene rings is 1. The summed E-state index contributed by atoms with van der Waals surface area (Å²) in [4.78, 5) is 29.5. The number of hydrogen-bond donors (Lipinski definition) is 2. The minimum Gasteiger partial charge on any atom is -0.379 e. The molecule has 1 aromatic carbocycles. The Kier molecular flexibility index (Phi) is 8.40. The number of carbonyl (C=O) groups is 2. The monoisotopic (exact) mass is 454 g/mol. The molecule has 7 nitrogen and oxygen atoms in total. The van der Waals surface area contributed by atoms with Crippen LogP contribution in [-0.4, -0.2) is 69.7 Å². The molecule has 1 atom stereocenters. The third-order valence-electron chi connectivity index (χ3n) is 7.10. The molecule has 0 unspecified atom stereocenters. The molecule has 4 rings (SSSR count). The van der Waals surface area contributed by atoms with Gasteiger partial charge in [0, 0.05) is 45.5 Å². The highest BCUT2D eigenvalue weighted by molar-refractivity contribution is 6.35. The van der Waals surface area contributed by atoms with E-state index >= 15 is 0 Å². The molecular weight excluding hydrogens is 416 g/mol. The van der Waals surface area contributed by atoms with Gasteiger partial charge in [-0.15, -0.1) is 0 Å². The normalized spacial score (nSPS) is 19.9. The Morgan fingerprint density at radius 1 is 1.03 bits per heavy atom. The number of anilines is 1. The molecule has 1 saturated heterocycles. The third-order valence-corrected chi connectivity index (χ3v) is 7.10. The van der Waals surface area contributed by atoms with Crippen LogP contribution < -0.4 is 15.5 Å². The van der Waals surface area contributed by atoms with Crippen LogP contribution in [0.1, 0.15) is 55.7 Å². The summed E-state index contributed by atoms with van der Waals surface area (Å²) in [6, 6.07) is 6.68. The topological polar surface area (TPSA) is 73.9 Å². The highest BCUT2D eigenvalue weighted by Crippen LogP contribution is 2.31. The Bertz CT molecular complexity index is 863. The van der Waals surface area contributed by atoms with Gasteiger partial charge in [0.15, 0.2) is 0 Å². The fourth-order valence-electron chi connectivity index (χ4n) is 5.18. The van der Waals surface area contributed by atoms with Gasteiger partial charge in [-0.2, -0.15) is 0 Å². The first-order valence-corrected chi connectivity index (χ1v) is 12.5. The number of aryl methyl sites for hydroxylation is 1. The number of amides is 2. The number of nitrogens with one attached hydrogen (secondary N) is 2. The molecule has 2 N–H and O–H groups in total. The predicted molar refractivity (Wildman–Crippen MR) is 130 cm³/mol. The number of nitrogens with zero attached hydrogens (tertiary/aromatic N) is 2. The van der Waals surface area contributed by atoms with Crippen LogP contribution in [0.15, 0.2) is 29.8 Å². The molecule has 3 aliphatic rings. The van der Waals surface area contributed by atoms with E-state index in [0.29, 0.717) is 26.3 Å². The first-order chi connectivity index (χ1) is 16.1. The zero-order valence-corrected chi connectivity index (χ0v) is 19.9. The Balaban J connectivity index is 1.36. The molecule has 0 bridgehead atoms. The molecule has 0 aromatic heterocycles. The number of ether oxygens (including phenoxy) is 1. The van der Waals surface area contributed by atoms with Crippen LogP contribution in [0.5, 0.6) is 0 Å². The molecule has 33 heavy (non-hydrogen) atoms. The SMILES string of the molecule is CN1CCCc2cc([C@@H](CNC(=O)C(=O)NCCC3=CCCCC3)N3CCOCC3)ccc21. The fourth-order valence-corrected chi connectivity index (χ4v) is 5.18. The summed E-state index contributed by atoms with van der Waals surface area (Å²) in [5, 5.41) is 5.68. The van der Waals surface area contributed by atoms with Gasteiger partial charge in [-0.25, -0.2) is 0 Å². The fraction of sp³-hybridized carbons (Fsp3) is 0.615. The predicted octanol–water partition coefficient (Wildman–Crippen LogP) is 2.57. The molecule has 2 aliphatic heterocycles. The quantitative estimate of drug-likeness (QED) is 0.489. The average Bonchev–Trinajstić information content (AvgIpc) is 2.85. The highest BCUT2D eigenvalue weighted by Gasteiger charge is 2.26. The van der Waals surface area contributed by atoms with Crippen molar-refractivity contribution in [1.82, 2.24) is 15.5 Å². The molecule has 180 valence electrons. The zero-order valence-electron chi connectivity index (χ0n) is 19.9. The van der Waals surface area contributed by atoms with Crippen molar-refractivity contribution in [3.8, 4) is 0 Å². The Hall–Kier alpha value is -2.38. The van der Waals surface area contributed by atoms with Crippen LogP contribution in [0.25, 0.3) is 0 Å². The van der Waals surface area contributed by atoms with Crippen molar-refractivity contribution in [2.24, 2.45) is 0 Å². The summed E-state index contributed by atoms with van der Waals surface area (Å²) in [6.45, 7) is 5.03. The van der Waals surface area contributed by atoms with Crippen molar-refractivity contribution in [3.63, 3.8) is 0 Å². The van der Waals surface area contributed by atoms with Gasteiger partial charge in [0.1, 0.15) is 0 Å². The second-order valence-corrected chi connectivity index (χ2v) is 9.40. The van der Waals surface area contributed by atoms with E-state index in [2.05, 4.69) is 51.8 Å². The molecule has 7 heteroatoms. The summed E-state index contributed by atoms with van der Waals surface area (Å²) < 4.78 is 5.54. The molecule has 1 aromatic rings. The standard InChI is InChI=1S/C26H38N4O3/c1-29-13-5-8-21-18-22(9-10-23(21)29)24(30-14-16-33-17-15-30)19-28-26(32)25(31)27-12-11-20-6-3-2-4-7-20/h6,9-10,18,24H,2-5,7-8,11-17,19H2,1H3,(H,27,31)(H,28,32)/t24-/m1/s1. The van der Waals surface area contributed by atoms with E-state index in [0.717, 1.165) is 51.7 Å². The lowest BCUT2D eigenvalue weighted by atomic mass is 9.95. The molecule has 0 radical (unpaired) electrons. The van der Waals surface area contributed by atoms with Crippen LogP contribution in [0, 0.1) is 0 Å². The third kappa shape index (κ3) is 6.36. The smallest absolute Gasteiger partial charge is 0.309 e. The van der Waals surface area contributed by atoms with E-state index in [4.69, 9.17) is 4.74 Å². The summed E-state index contributed by atoms with van der Waals surface area (Å²) in [5.74, 6) is -1.09. The Morgan fingerprint density at radius 2 is 1.85 bits per heavy atom. The van der Waals surface area contributed by atoms with Crippen molar-refractivity contribution < 1.29 is 14.3 Å². The lowest BCUT2D eigenvalue weighted by Crippen LogP contribution is -2.47. The van der Waals surface area contributed by atoms with Gasteiger partial charge in [-0.1, -0.05) is 23.8 Å². The summed E-state index contributed by atoms with van der Waals surface area (Å²) >= 11 is 0. The van der Waals surface area contributed by atoms with Gasteiger partial charge in [-0.3, -0.25) is 14.5 Å². The van der Waals surface area contributed by atoms with Crippen LogP contribution in [0.3, 0.4) is 0 Å². The van der Waals surface area contributed by atoms with E-state index in [-0.39, 0.29) is 6.04 Å². The van der Waals surface area contributed by atoms with Gasteiger partial charge in [0.2, 0.25) is 0 Å². The molecule has 0 saturated carbocycles. The molecule has 0 spiro atoms. The van der Waals surface area contributed by atoms with Gasteiger partial charge in [-0.05, 0) is 62.1 Å². The number of carbonyl (C=O) groups excluding carboxylic acids is 2. The second kappa shape index (κ2) is 11.7. The summed E-state index contributed by atoms with van der Waals surface area (Å²) in [7, 11) is 2.14. The maximum atomic E-state index is 12.5. The number of fused-ring (bicyclic) bond motifs is 1. The van der Waals surface area contributed by atoms with E-state index in [9.17, 15) is 9.59 Å². The lowest BCUT2D eigenvalue weighted by Gasteiger charge is -2.36.